The van der Waals surface area contributed by atoms with E-state index in [0.29, 0.717) is 37.0 Å². The Morgan fingerprint density at radius 1 is 1.40 bits per heavy atom. The standard InChI is InChI=1S/C17H19FN4O3/c18-14-7-11(19)1-2-15(14)25-12-3-4-21-17(9-12)22-5-6-24-13(10-22)8-16(20)23/h1-4,7,9,13H,5-6,8,10,19H2,(H2,20,23). The van der Waals surface area contributed by atoms with Gasteiger partial charge in [-0.2, -0.15) is 0 Å². The van der Waals surface area contributed by atoms with Crippen LogP contribution < -0.4 is 21.1 Å². The van der Waals surface area contributed by atoms with Crippen molar-refractivity contribution in [3.63, 3.8) is 0 Å². The van der Waals surface area contributed by atoms with E-state index >= 15 is 0 Å². The molecule has 25 heavy (non-hydrogen) atoms. The molecule has 3 rings (SSSR count). The fourth-order valence-corrected chi connectivity index (χ4v) is 2.64. The maximum atomic E-state index is 13.9. The summed E-state index contributed by atoms with van der Waals surface area (Å²) in [6.45, 7) is 1.59. The molecule has 0 radical (unpaired) electrons. The summed E-state index contributed by atoms with van der Waals surface area (Å²) in [7, 11) is 0. The van der Waals surface area contributed by atoms with Gasteiger partial charge in [-0.3, -0.25) is 4.79 Å². The van der Waals surface area contributed by atoms with Crippen LogP contribution in [-0.4, -0.2) is 36.7 Å². The molecule has 0 aliphatic carbocycles. The van der Waals surface area contributed by atoms with Crippen molar-refractivity contribution in [2.75, 3.05) is 30.3 Å². The summed E-state index contributed by atoms with van der Waals surface area (Å²) in [5, 5.41) is 0. The fraction of sp³-hybridized carbons (Fsp3) is 0.294. The largest absolute Gasteiger partial charge is 0.454 e. The van der Waals surface area contributed by atoms with Gasteiger partial charge in [0.25, 0.3) is 0 Å². The molecule has 1 saturated heterocycles. The minimum Gasteiger partial charge on any atom is -0.454 e. The molecule has 1 unspecified atom stereocenters. The van der Waals surface area contributed by atoms with Crippen molar-refractivity contribution in [2.24, 2.45) is 5.73 Å². The molecular weight excluding hydrogens is 327 g/mol. The Labute approximate surface area is 144 Å². The molecule has 1 aliphatic rings. The number of morpholine rings is 1. The summed E-state index contributed by atoms with van der Waals surface area (Å²) < 4.78 is 25.0. The summed E-state index contributed by atoms with van der Waals surface area (Å²) in [6.07, 6.45) is 1.47. The van der Waals surface area contributed by atoms with Gasteiger partial charge in [0.05, 0.1) is 19.1 Å². The van der Waals surface area contributed by atoms with Gasteiger partial charge in [-0.1, -0.05) is 0 Å². The minimum absolute atomic E-state index is 0.0833. The van der Waals surface area contributed by atoms with E-state index in [1.165, 1.54) is 12.1 Å². The van der Waals surface area contributed by atoms with Crippen LogP contribution in [-0.2, 0) is 9.53 Å². The van der Waals surface area contributed by atoms with Gasteiger partial charge in [-0.05, 0) is 18.2 Å². The SMILES string of the molecule is NC(=O)CC1CN(c2cc(Oc3ccc(N)cc3F)ccn2)CCO1. The van der Waals surface area contributed by atoms with Gasteiger partial charge in [0.15, 0.2) is 11.6 Å². The molecule has 0 bridgehead atoms. The quantitative estimate of drug-likeness (QED) is 0.798. The smallest absolute Gasteiger partial charge is 0.220 e. The number of primary amides is 1. The summed E-state index contributed by atoms with van der Waals surface area (Å²) in [5.41, 5.74) is 11.1. The molecule has 1 aromatic carbocycles. The van der Waals surface area contributed by atoms with Crippen molar-refractivity contribution >= 4 is 17.4 Å². The number of benzene rings is 1. The van der Waals surface area contributed by atoms with Gasteiger partial charge in [-0.25, -0.2) is 9.37 Å². The molecule has 2 heterocycles. The Morgan fingerprint density at radius 2 is 2.24 bits per heavy atom. The van der Waals surface area contributed by atoms with Crippen molar-refractivity contribution in [3.05, 3.63) is 42.3 Å². The van der Waals surface area contributed by atoms with Crippen LogP contribution in [0.2, 0.25) is 0 Å². The second-order valence-electron chi connectivity index (χ2n) is 5.75. The van der Waals surface area contributed by atoms with Gasteiger partial charge >= 0.3 is 0 Å². The molecule has 8 heteroatoms. The summed E-state index contributed by atoms with van der Waals surface area (Å²) >= 11 is 0. The number of nitrogen functional groups attached to an aromatic ring is 1. The van der Waals surface area contributed by atoms with Crippen molar-refractivity contribution in [2.45, 2.75) is 12.5 Å². The van der Waals surface area contributed by atoms with E-state index in [4.69, 9.17) is 20.9 Å². The number of carbonyl (C=O) groups excluding carboxylic acids is 1. The number of nitrogens with two attached hydrogens (primary N) is 2. The maximum Gasteiger partial charge on any atom is 0.220 e. The monoisotopic (exact) mass is 346 g/mol. The second-order valence-corrected chi connectivity index (χ2v) is 5.75. The zero-order valence-electron chi connectivity index (χ0n) is 13.5. The molecule has 1 fully saturated rings. The van der Waals surface area contributed by atoms with Crippen LogP contribution in [0.4, 0.5) is 15.9 Å². The Morgan fingerprint density at radius 3 is 3.00 bits per heavy atom. The molecule has 132 valence electrons. The van der Waals surface area contributed by atoms with Crippen LogP contribution in [0.5, 0.6) is 11.5 Å². The normalized spacial score (nSPS) is 17.3. The van der Waals surface area contributed by atoms with Crippen molar-refractivity contribution in [1.29, 1.82) is 0 Å². The number of nitrogens with zero attached hydrogens (tertiary/aromatic N) is 2. The lowest BCUT2D eigenvalue weighted by Gasteiger charge is -2.33. The van der Waals surface area contributed by atoms with Gasteiger partial charge in [0.2, 0.25) is 5.91 Å². The lowest BCUT2D eigenvalue weighted by Crippen LogP contribution is -2.44. The average molecular weight is 346 g/mol. The predicted molar refractivity (Wildman–Crippen MR) is 90.9 cm³/mol. The van der Waals surface area contributed by atoms with E-state index in [-0.39, 0.29) is 18.3 Å². The maximum absolute atomic E-state index is 13.9. The van der Waals surface area contributed by atoms with Crippen molar-refractivity contribution in [1.82, 2.24) is 4.98 Å². The number of ether oxygens (including phenoxy) is 2. The van der Waals surface area contributed by atoms with E-state index in [9.17, 15) is 9.18 Å². The molecule has 2 aromatic rings. The average Bonchev–Trinajstić information content (AvgIpc) is 2.57. The number of anilines is 2. The van der Waals surface area contributed by atoms with E-state index in [2.05, 4.69) is 4.98 Å². The number of carbonyl (C=O) groups is 1. The lowest BCUT2D eigenvalue weighted by molar-refractivity contribution is -0.121. The van der Waals surface area contributed by atoms with E-state index in [1.54, 1.807) is 24.4 Å². The number of pyridine rings is 1. The molecule has 1 aromatic heterocycles. The van der Waals surface area contributed by atoms with Crippen molar-refractivity contribution < 1.29 is 18.7 Å². The highest BCUT2D eigenvalue weighted by molar-refractivity contribution is 5.74. The topological polar surface area (TPSA) is 104 Å². The van der Waals surface area contributed by atoms with Gasteiger partial charge in [0, 0.05) is 37.1 Å². The highest BCUT2D eigenvalue weighted by Gasteiger charge is 2.23. The van der Waals surface area contributed by atoms with Crippen LogP contribution in [0, 0.1) is 5.82 Å². The van der Waals surface area contributed by atoms with Gasteiger partial charge in [0.1, 0.15) is 11.6 Å². The first-order valence-corrected chi connectivity index (χ1v) is 7.85. The highest BCUT2D eigenvalue weighted by atomic mass is 19.1. The summed E-state index contributed by atoms with van der Waals surface area (Å²) in [4.78, 5) is 17.4. The fourth-order valence-electron chi connectivity index (χ4n) is 2.64. The lowest BCUT2D eigenvalue weighted by atomic mass is 10.2. The number of hydrogen-bond donors (Lipinski definition) is 2. The second kappa shape index (κ2) is 7.35. The van der Waals surface area contributed by atoms with Crippen LogP contribution in [0.15, 0.2) is 36.5 Å². The Hall–Kier alpha value is -2.87. The Bertz CT molecular complexity index is 771. The number of aromatic nitrogens is 1. The summed E-state index contributed by atoms with van der Waals surface area (Å²) in [6, 6.07) is 7.59. The van der Waals surface area contributed by atoms with Gasteiger partial charge in [-0.15, -0.1) is 0 Å². The number of rotatable bonds is 5. The molecule has 0 spiro atoms. The molecular formula is C17H19FN4O3. The molecule has 7 nitrogen and oxygen atoms in total. The highest BCUT2D eigenvalue weighted by Crippen LogP contribution is 2.28. The third-order valence-electron chi connectivity index (χ3n) is 3.79. The Kier molecular flexibility index (Phi) is 4.99. The number of halogens is 1. The van der Waals surface area contributed by atoms with Crippen LogP contribution in [0.25, 0.3) is 0 Å². The van der Waals surface area contributed by atoms with Gasteiger partial charge < -0.3 is 25.8 Å². The zero-order valence-corrected chi connectivity index (χ0v) is 13.5. The van der Waals surface area contributed by atoms with Crippen LogP contribution >= 0.6 is 0 Å². The first-order chi connectivity index (χ1) is 12.0. The molecule has 1 atom stereocenters. The third kappa shape index (κ3) is 4.36. The first-order valence-electron chi connectivity index (χ1n) is 7.85. The molecule has 1 amide bonds. The molecule has 1 aliphatic heterocycles. The zero-order chi connectivity index (χ0) is 17.8. The van der Waals surface area contributed by atoms with E-state index in [0.717, 1.165) is 0 Å². The summed E-state index contributed by atoms with van der Waals surface area (Å²) in [5.74, 6) is 0.250. The van der Waals surface area contributed by atoms with Crippen LogP contribution in [0.3, 0.4) is 0 Å². The van der Waals surface area contributed by atoms with E-state index < -0.39 is 11.7 Å². The number of amides is 1. The number of hydrogen-bond acceptors (Lipinski definition) is 6. The molecule has 0 saturated carbocycles. The van der Waals surface area contributed by atoms with E-state index in [1.807, 2.05) is 4.90 Å². The third-order valence-corrected chi connectivity index (χ3v) is 3.79. The first kappa shape index (κ1) is 17.0. The van der Waals surface area contributed by atoms with Crippen molar-refractivity contribution in [3.8, 4) is 11.5 Å². The Balaban J connectivity index is 1.73. The molecule has 4 N–H and O–H groups in total. The van der Waals surface area contributed by atoms with Crippen LogP contribution in [0.1, 0.15) is 6.42 Å². The predicted octanol–water partition coefficient (Wildman–Crippen LogP) is 1.68. The minimum atomic E-state index is -0.536.